The van der Waals surface area contributed by atoms with Crippen LogP contribution in [0.15, 0.2) is 48.5 Å². The van der Waals surface area contributed by atoms with E-state index in [1.54, 1.807) is 36.4 Å². The predicted molar refractivity (Wildman–Crippen MR) is 104 cm³/mol. The van der Waals surface area contributed by atoms with Gasteiger partial charge in [0.2, 0.25) is 0 Å². The molecule has 186 valence electrons. The van der Waals surface area contributed by atoms with Crippen LogP contribution in [-0.2, 0) is 24.4 Å². The van der Waals surface area contributed by atoms with E-state index in [4.69, 9.17) is 0 Å². The van der Waals surface area contributed by atoms with Crippen molar-refractivity contribution in [3.05, 3.63) is 70.8 Å². The number of hydrogen-bond acceptors (Lipinski definition) is 6. The summed E-state index contributed by atoms with van der Waals surface area (Å²) in [6.07, 6.45) is -13.6. The third kappa shape index (κ3) is 3.89. The second kappa shape index (κ2) is 7.67. The summed E-state index contributed by atoms with van der Waals surface area (Å²) in [4.78, 5) is 0. The fourth-order valence-corrected chi connectivity index (χ4v) is 7.60. The van der Waals surface area contributed by atoms with Gasteiger partial charge >= 0.3 is 12.4 Å². The monoisotopic (exact) mass is 529 g/mol. The van der Waals surface area contributed by atoms with Crippen molar-refractivity contribution in [2.45, 2.75) is 41.5 Å². The third-order valence-electron chi connectivity index (χ3n) is 6.18. The van der Waals surface area contributed by atoms with Crippen molar-refractivity contribution in [1.29, 1.82) is 0 Å². The van der Waals surface area contributed by atoms with Crippen LogP contribution in [-0.4, -0.2) is 50.3 Å². The van der Waals surface area contributed by atoms with E-state index in [1.165, 1.54) is 12.1 Å². The summed E-state index contributed by atoms with van der Waals surface area (Å²) in [5.74, 6) is -5.00. The molecule has 0 heterocycles. The first kappa shape index (κ1) is 24.9. The Kier molecular flexibility index (Phi) is 5.63. The SMILES string of the molecule is O=S(=O)([O-])CC(OS(=O)(=O)C1CC2c3ccccc3C1c1ccccc12)(C(F)(F)F)C(F)(F)F. The van der Waals surface area contributed by atoms with Gasteiger partial charge in [-0.3, -0.25) is 0 Å². The minimum absolute atomic E-state index is 0.392. The minimum Gasteiger partial charge on any atom is -0.748 e. The summed E-state index contributed by atoms with van der Waals surface area (Å²) in [7, 11) is -12.0. The molecule has 1 atom stereocenters. The van der Waals surface area contributed by atoms with E-state index in [0.29, 0.717) is 22.3 Å². The van der Waals surface area contributed by atoms with Gasteiger partial charge in [0.05, 0.1) is 21.1 Å². The molecule has 5 rings (SSSR count). The van der Waals surface area contributed by atoms with Gasteiger partial charge in [-0.1, -0.05) is 48.5 Å². The molecular weight excluding hydrogens is 514 g/mol. The molecule has 3 aliphatic carbocycles. The fraction of sp³-hybridized carbons (Fsp3) is 0.400. The van der Waals surface area contributed by atoms with Crippen molar-refractivity contribution < 1.29 is 51.9 Å². The zero-order valence-electron chi connectivity index (χ0n) is 16.8. The quantitative estimate of drug-likeness (QED) is 0.332. The van der Waals surface area contributed by atoms with Crippen LogP contribution in [0.1, 0.15) is 40.5 Å². The molecule has 2 aromatic rings. The lowest BCUT2D eigenvalue weighted by Crippen LogP contribution is -2.64. The van der Waals surface area contributed by atoms with Crippen LogP contribution >= 0.6 is 0 Å². The molecule has 1 unspecified atom stereocenters. The summed E-state index contributed by atoms with van der Waals surface area (Å²) < 4.78 is 145. The maximum absolute atomic E-state index is 13.7. The molecular formula is C20H15F6O6S2-. The summed E-state index contributed by atoms with van der Waals surface area (Å²) in [6, 6.07) is 12.8. The normalized spacial score (nSPS) is 22.9. The first-order chi connectivity index (χ1) is 15.5. The Morgan fingerprint density at radius 1 is 0.794 bits per heavy atom. The van der Waals surface area contributed by atoms with Gasteiger partial charge < -0.3 is 4.55 Å². The lowest BCUT2D eigenvalue weighted by Gasteiger charge is -2.46. The van der Waals surface area contributed by atoms with Gasteiger partial charge in [-0.2, -0.15) is 34.8 Å². The number of rotatable bonds is 5. The molecule has 0 fully saturated rings. The van der Waals surface area contributed by atoms with E-state index in [2.05, 4.69) is 4.18 Å². The molecule has 0 spiro atoms. The van der Waals surface area contributed by atoms with Crippen LogP contribution in [0.5, 0.6) is 0 Å². The number of fused-ring (bicyclic) bond motifs is 1. The summed E-state index contributed by atoms with van der Waals surface area (Å²) in [5, 5.41) is -1.89. The zero-order chi connectivity index (χ0) is 25.3. The Hall–Kier alpha value is -2.16. The van der Waals surface area contributed by atoms with Crippen molar-refractivity contribution in [1.82, 2.24) is 0 Å². The van der Waals surface area contributed by atoms with Crippen molar-refractivity contribution in [2.24, 2.45) is 0 Å². The van der Waals surface area contributed by atoms with Crippen LogP contribution in [0.2, 0.25) is 0 Å². The Balaban J connectivity index is 1.87. The van der Waals surface area contributed by atoms with Gasteiger partial charge in [-0.05, 0) is 28.7 Å². The van der Waals surface area contributed by atoms with Crippen LogP contribution < -0.4 is 0 Å². The second-order valence-corrected chi connectivity index (χ2v) is 11.3. The van der Waals surface area contributed by atoms with Crippen molar-refractivity contribution >= 4 is 20.2 Å². The summed E-state index contributed by atoms with van der Waals surface area (Å²) >= 11 is 0. The van der Waals surface area contributed by atoms with Crippen molar-refractivity contribution in [2.75, 3.05) is 5.75 Å². The Morgan fingerprint density at radius 2 is 1.21 bits per heavy atom. The molecule has 6 nitrogen and oxygen atoms in total. The van der Waals surface area contributed by atoms with Crippen molar-refractivity contribution in [3.8, 4) is 0 Å². The number of alkyl halides is 6. The van der Waals surface area contributed by atoms with E-state index in [9.17, 15) is 47.7 Å². The van der Waals surface area contributed by atoms with E-state index in [1.807, 2.05) is 0 Å². The van der Waals surface area contributed by atoms with Gasteiger partial charge in [-0.25, -0.2) is 12.6 Å². The van der Waals surface area contributed by atoms with Gasteiger partial charge in [0.1, 0.15) is 0 Å². The Labute approximate surface area is 190 Å². The second-order valence-electron chi connectivity index (χ2n) is 8.16. The molecule has 2 bridgehead atoms. The molecule has 34 heavy (non-hydrogen) atoms. The molecule has 0 N–H and O–H groups in total. The van der Waals surface area contributed by atoms with Crippen LogP contribution in [0.4, 0.5) is 26.3 Å². The summed E-state index contributed by atoms with van der Waals surface area (Å²) in [5.41, 5.74) is -3.60. The Bertz CT molecular complexity index is 1270. The molecule has 0 amide bonds. The first-order valence-corrected chi connectivity index (χ1v) is 12.7. The molecule has 3 aliphatic rings. The number of benzene rings is 2. The Morgan fingerprint density at radius 3 is 1.59 bits per heavy atom. The minimum atomic E-state index is -6.58. The van der Waals surface area contributed by atoms with E-state index < -0.39 is 67.4 Å². The van der Waals surface area contributed by atoms with Crippen molar-refractivity contribution in [3.63, 3.8) is 0 Å². The topological polar surface area (TPSA) is 101 Å². The predicted octanol–water partition coefficient (Wildman–Crippen LogP) is 3.79. The third-order valence-corrected chi connectivity index (χ3v) is 8.66. The molecule has 0 saturated heterocycles. The standard InChI is InChI=1S/C20H16F6O6S2/c21-19(22,23)18(20(24,25)26,10-33(27,28)29)32-34(30,31)16-9-15-11-5-1-3-7-13(11)17(16)14-8-4-2-6-12(14)15/h1-8,15-17H,9-10H2,(H,27,28,29)/p-1. The largest absolute Gasteiger partial charge is 0.748 e. The highest BCUT2D eigenvalue weighted by atomic mass is 32.2. The van der Waals surface area contributed by atoms with Gasteiger partial charge in [-0.15, -0.1) is 0 Å². The maximum Gasteiger partial charge on any atom is 0.428 e. The summed E-state index contributed by atoms with van der Waals surface area (Å²) in [6.45, 7) is 0. The molecule has 0 saturated carbocycles. The zero-order valence-corrected chi connectivity index (χ0v) is 18.4. The van der Waals surface area contributed by atoms with Crippen LogP contribution in [0.25, 0.3) is 0 Å². The molecule has 2 aromatic carbocycles. The number of hydrogen-bond donors (Lipinski definition) is 0. The molecule has 0 aliphatic heterocycles. The van der Waals surface area contributed by atoms with Gasteiger partial charge in [0.25, 0.3) is 15.7 Å². The molecule has 0 radical (unpaired) electrons. The van der Waals surface area contributed by atoms with Crippen LogP contribution in [0.3, 0.4) is 0 Å². The lowest BCUT2D eigenvalue weighted by molar-refractivity contribution is -0.348. The average Bonchev–Trinajstić information content (AvgIpc) is 2.70. The highest BCUT2D eigenvalue weighted by Gasteiger charge is 2.75. The number of halogens is 6. The highest BCUT2D eigenvalue weighted by Crippen LogP contribution is 2.56. The molecule has 14 heteroatoms. The van der Waals surface area contributed by atoms with Gasteiger partial charge in [0, 0.05) is 11.8 Å². The van der Waals surface area contributed by atoms with E-state index in [-0.39, 0.29) is 0 Å². The van der Waals surface area contributed by atoms with E-state index >= 15 is 0 Å². The smallest absolute Gasteiger partial charge is 0.428 e. The first-order valence-electron chi connectivity index (χ1n) is 9.68. The van der Waals surface area contributed by atoms with E-state index in [0.717, 1.165) is 0 Å². The average molecular weight is 529 g/mol. The fourth-order valence-electron chi connectivity index (χ4n) is 4.82. The maximum atomic E-state index is 13.7. The van der Waals surface area contributed by atoms with Gasteiger partial charge in [0.15, 0.2) is 0 Å². The lowest BCUT2D eigenvalue weighted by atomic mass is 9.63. The highest BCUT2D eigenvalue weighted by molar-refractivity contribution is 7.87. The van der Waals surface area contributed by atoms with Crippen LogP contribution in [0, 0.1) is 0 Å². The molecule has 0 aromatic heterocycles.